The number of rotatable bonds is 10. The summed E-state index contributed by atoms with van der Waals surface area (Å²) in [6.07, 6.45) is 10.9. The zero-order valence-corrected chi connectivity index (χ0v) is 24.0. The van der Waals surface area contributed by atoms with Crippen LogP contribution in [0.1, 0.15) is 64.7 Å². The molecule has 0 fully saturated rings. The van der Waals surface area contributed by atoms with E-state index < -0.39 is 10.8 Å². The van der Waals surface area contributed by atoms with Gasteiger partial charge in [0.2, 0.25) is 0 Å². The SMILES string of the molecule is C=C(/C=C/C=C/C=C1/N(CCC(C)C)c2ccc([N+](=O)[O-])cc2C1(C)C)C(C)(C)c1cc([N+](=O)[O-])ccc1C. The topological polar surface area (TPSA) is 89.5 Å². The van der Waals surface area contributed by atoms with Gasteiger partial charge in [-0.05, 0) is 53.7 Å². The van der Waals surface area contributed by atoms with E-state index in [1.807, 2.05) is 51.1 Å². The van der Waals surface area contributed by atoms with Crippen LogP contribution in [-0.2, 0) is 10.8 Å². The third-order valence-corrected chi connectivity index (χ3v) is 7.70. The standard InChI is InChI=1S/C32H39N3O4/c1-22(2)18-19-33-29-17-16-26(35(38)39)21-28(29)32(7,8)30(33)13-11-9-10-12-24(4)31(5,6)27-20-25(34(36)37)15-14-23(27)3/h9-17,20-22H,4,18-19H2,1-3,5-8H3/b11-9+,12-10+,30-13+. The predicted molar refractivity (Wildman–Crippen MR) is 159 cm³/mol. The van der Waals surface area contributed by atoms with Crippen molar-refractivity contribution in [1.82, 2.24) is 0 Å². The van der Waals surface area contributed by atoms with Crippen LogP contribution >= 0.6 is 0 Å². The second kappa shape index (κ2) is 11.4. The highest BCUT2D eigenvalue weighted by molar-refractivity contribution is 5.72. The van der Waals surface area contributed by atoms with E-state index in [0.717, 1.165) is 46.6 Å². The molecule has 0 atom stereocenters. The number of nitro benzene ring substituents is 2. The molecule has 2 aromatic carbocycles. The van der Waals surface area contributed by atoms with Gasteiger partial charge in [-0.1, -0.05) is 78.5 Å². The fourth-order valence-electron chi connectivity index (χ4n) is 5.07. The molecular weight excluding hydrogens is 490 g/mol. The van der Waals surface area contributed by atoms with E-state index in [1.54, 1.807) is 24.3 Å². The molecule has 0 N–H and O–H groups in total. The molecule has 0 amide bonds. The van der Waals surface area contributed by atoms with Crippen LogP contribution in [0.3, 0.4) is 0 Å². The molecule has 0 saturated heterocycles. The van der Waals surface area contributed by atoms with Crippen LogP contribution in [0.5, 0.6) is 0 Å². The van der Waals surface area contributed by atoms with Crippen molar-refractivity contribution < 1.29 is 9.85 Å². The van der Waals surface area contributed by atoms with E-state index in [9.17, 15) is 20.2 Å². The van der Waals surface area contributed by atoms with Gasteiger partial charge < -0.3 is 4.90 Å². The first-order chi connectivity index (χ1) is 18.2. The fourth-order valence-corrected chi connectivity index (χ4v) is 5.07. The smallest absolute Gasteiger partial charge is 0.269 e. The maximum atomic E-state index is 11.4. The van der Waals surface area contributed by atoms with E-state index in [4.69, 9.17) is 0 Å². The summed E-state index contributed by atoms with van der Waals surface area (Å²) < 4.78 is 0. The molecule has 0 aromatic heterocycles. The average molecular weight is 530 g/mol. The number of hydrogen-bond acceptors (Lipinski definition) is 5. The number of aryl methyl sites for hydroxylation is 1. The fraction of sp³-hybridized carbons (Fsp3) is 0.375. The number of non-ortho nitro benzene ring substituents is 2. The molecule has 7 nitrogen and oxygen atoms in total. The van der Waals surface area contributed by atoms with Crippen molar-refractivity contribution in [2.75, 3.05) is 11.4 Å². The summed E-state index contributed by atoms with van der Waals surface area (Å²) in [5.41, 5.74) is 5.04. The van der Waals surface area contributed by atoms with Gasteiger partial charge in [0, 0.05) is 53.0 Å². The Bertz CT molecular complexity index is 1380. The number of hydrogen-bond donors (Lipinski definition) is 0. The van der Waals surface area contributed by atoms with E-state index in [1.165, 1.54) is 6.07 Å². The Hall–Kier alpha value is -4.00. The van der Waals surface area contributed by atoms with Gasteiger partial charge in [-0.3, -0.25) is 20.2 Å². The zero-order chi connectivity index (χ0) is 29.1. The number of nitrogens with zero attached hydrogens (tertiary/aromatic N) is 3. The van der Waals surface area contributed by atoms with Gasteiger partial charge in [0.25, 0.3) is 11.4 Å². The van der Waals surface area contributed by atoms with Gasteiger partial charge >= 0.3 is 0 Å². The molecule has 3 rings (SSSR count). The molecule has 2 aromatic rings. The number of fused-ring (bicyclic) bond motifs is 1. The molecule has 0 unspecified atom stereocenters. The maximum absolute atomic E-state index is 11.4. The Morgan fingerprint density at radius 2 is 1.64 bits per heavy atom. The van der Waals surface area contributed by atoms with Crippen LogP contribution in [-0.4, -0.2) is 16.4 Å². The predicted octanol–water partition coefficient (Wildman–Crippen LogP) is 8.49. The lowest BCUT2D eigenvalue weighted by atomic mass is 9.76. The largest absolute Gasteiger partial charge is 0.344 e. The molecule has 1 aliphatic rings. The van der Waals surface area contributed by atoms with Crippen molar-refractivity contribution >= 4 is 17.1 Å². The van der Waals surface area contributed by atoms with Gasteiger partial charge in [0.05, 0.1) is 9.85 Å². The summed E-state index contributed by atoms with van der Waals surface area (Å²) in [6, 6.07) is 10.1. The van der Waals surface area contributed by atoms with Crippen LogP contribution in [0, 0.1) is 33.1 Å². The van der Waals surface area contributed by atoms with Gasteiger partial charge in [0.15, 0.2) is 0 Å². The van der Waals surface area contributed by atoms with Crippen molar-refractivity contribution in [2.24, 2.45) is 5.92 Å². The van der Waals surface area contributed by atoms with Crippen molar-refractivity contribution in [3.63, 3.8) is 0 Å². The summed E-state index contributed by atoms with van der Waals surface area (Å²) in [6.45, 7) is 19.6. The van der Waals surface area contributed by atoms with E-state index in [2.05, 4.69) is 45.2 Å². The van der Waals surface area contributed by atoms with Crippen LogP contribution in [0.4, 0.5) is 17.1 Å². The Morgan fingerprint density at radius 3 is 2.26 bits per heavy atom. The van der Waals surface area contributed by atoms with E-state index >= 15 is 0 Å². The second-order valence-electron chi connectivity index (χ2n) is 11.6. The van der Waals surface area contributed by atoms with E-state index in [-0.39, 0.29) is 21.2 Å². The minimum Gasteiger partial charge on any atom is -0.344 e. The van der Waals surface area contributed by atoms with Crippen LogP contribution in [0.25, 0.3) is 0 Å². The summed E-state index contributed by atoms with van der Waals surface area (Å²) in [4.78, 5) is 24.3. The molecule has 206 valence electrons. The van der Waals surface area contributed by atoms with Gasteiger partial charge in [-0.2, -0.15) is 0 Å². The van der Waals surface area contributed by atoms with Gasteiger partial charge in [-0.25, -0.2) is 0 Å². The summed E-state index contributed by atoms with van der Waals surface area (Å²) >= 11 is 0. The monoisotopic (exact) mass is 529 g/mol. The maximum Gasteiger partial charge on any atom is 0.269 e. The summed E-state index contributed by atoms with van der Waals surface area (Å²) in [5, 5.41) is 22.7. The molecule has 7 heteroatoms. The highest BCUT2D eigenvalue weighted by atomic mass is 16.6. The Labute approximate surface area is 231 Å². The number of allylic oxidation sites excluding steroid dienone is 7. The molecule has 39 heavy (non-hydrogen) atoms. The Balaban J connectivity index is 1.87. The summed E-state index contributed by atoms with van der Waals surface area (Å²) in [5.74, 6) is 0.527. The van der Waals surface area contributed by atoms with Crippen molar-refractivity contribution in [3.05, 3.63) is 122 Å². The van der Waals surface area contributed by atoms with Gasteiger partial charge in [0.1, 0.15) is 0 Å². The number of nitro groups is 2. The number of anilines is 1. The van der Waals surface area contributed by atoms with Crippen molar-refractivity contribution in [3.8, 4) is 0 Å². The highest BCUT2D eigenvalue weighted by Gasteiger charge is 2.40. The van der Waals surface area contributed by atoms with Crippen molar-refractivity contribution in [2.45, 2.75) is 65.7 Å². The molecule has 0 spiro atoms. The zero-order valence-electron chi connectivity index (χ0n) is 24.0. The third-order valence-electron chi connectivity index (χ3n) is 7.70. The first-order valence-electron chi connectivity index (χ1n) is 13.2. The van der Waals surface area contributed by atoms with Crippen LogP contribution in [0.2, 0.25) is 0 Å². The normalized spacial score (nSPS) is 16.0. The van der Waals surface area contributed by atoms with Gasteiger partial charge in [-0.15, -0.1) is 0 Å². The Morgan fingerprint density at radius 1 is 1.03 bits per heavy atom. The van der Waals surface area contributed by atoms with Crippen LogP contribution < -0.4 is 4.90 Å². The lowest BCUT2D eigenvalue weighted by Crippen LogP contribution is -2.27. The molecule has 1 heterocycles. The molecular formula is C32H39N3O4. The lowest BCUT2D eigenvalue weighted by molar-refractivity contribution is -0.385. The average Bonchev–Trinajstić information content (AvgIpc) is 3.07. The molecule has 0 radical (unpaired) electrons. The second-order valence-corrected chi connectivity index (χ2v) is 11.6. The number of benzene rings is 2. The lowest BCUT2D eigenvalue weighted by Gasteiger charge is -2.28. The minimum absolute atomic E-state index is 0.0690. The van der Waals surface area contributed by atoms with E-state index in [0.29, 0.717) is 5.92 Å². The van der Waals surface area contributed by atoms with Crippen molar-refractivity contribution in [1.29, 1.82) is 0 Å². The summed E-state index contributed by atoms with van der Waals surface area (Å²) in [7, 11) is 0. The molecule has 0 bridgehead atoms. The molecule has 1 aliphatic heterocycles. The first-order valence-corrected chi connectivity index (χ1v) is 13.2. The molecule has 0 aliphatic carbocycles. The Kier molecular flexibility index (Phi) is 8.64. The quantitative estimate of drug-likeness (QED) is 0.175. The first kappa shape index (κ1) is 29.6. The molecule has 0 saturated carbocycles. The van der Waals surface area contributed by atoms with Crippen LogP contribution in [0.15, 0.2) is 84.6 Å². The third kappa shape index (κ3) is 6.19. The highest BCUT2D eigenvalue weighted by Crippen LogP contribution is 2.49. The minimum atomic E-state index is -0.490.